The molecule has 1 aromatic rings. The highest BCUT2D eigenvalue weighted by Gasteiger charge is 2.39. The van der Waals surface area contributed by atoms with Crippen molar-refractivity contribution in [2.75, 3.05) is 27.3 Å². The Morgan fingerprint density at radius 2 is 1.59 bits per heavy atom. The van der Waals surface area contributed by atoms with Gasteiger partial charge in [0.05, 0.1) is 30.2 Å². The molecule has 1 atom stereocenters. The van der Waals surface area contributed by atoms with Crippen molar-refractivity contribution in [1.82, 2.24) is 4.31 Å². The Labute approximate surface area is 165 Å². The molecule has 0 aromatic heterocycles. The molecule has 0 amide bonds. The number of rotatable bonds is 4. The maximum absolute atomic E-state index is 13.1. The number of sulfonamides is 1. The number of benzene rings is 1. The lowest BCUT2D eigenvalue weighted by molar-refractivity contribution is 0.0598. The largest absolute Gasteiger partial charge is 0.465 e. The number of nitrogens with zero attached hydrogens (tertiary/aromatic N) is 1. The number of carbonyl (C=O) groups excluding carboxylic acids is 2. The first-order chi connectivity index (χ1) is 12.0. The van der Waals surface area contributed by atoms with Gasteiger partial charge in [0, 0.05) is 19.1 Å². The SMILES string of the molecule is COC(=O)c1cc(C(=O)OC)cc(S(=O)(=O)N2CCC(N)C(C)(C)C2)c1.Cl. The molecule has 1 aliphatic heterocycles. The summed E-state index contributed by atoms with van der Waals surface area (Å²) in [6.45, 7) is 4.32. The van der Waals surface area contributed by atoms with Crippen LogP contribution < -0.4 is 5.73 Å². The van der Waals surface area contributed by atoms with Crippen molar-refractivity contribution in [3.63, 3.8) is 0 Å². The minimum absolute atomic E-state index is 0. The second kappa shape index (κ2) is 8.55. The molecule has 0 saturated carbocycles. The van der Waals surface area contributed by atoms with E-state index in [1.165, 1.54) is 36.7 Å². The fourth-order valence-corrected chi connectivity index (χ4v) is 4.60. The van der Waals surface area contributed by atoms with Crippen LogP contribution in [0.3, 0.4) is 0 Å². The van der Waals surface area contributed by atoms with Gasteiger partial charge in [-0.15, -0.1) is 12.4 Å². The zero-order valence-corrected chi connectivity index (χ0v) is 17.4. The van der Waals surface area contributed by atoms with Gasteiger partial charge >= 0.3 is 11.9 Å². The van der Waals surface area contributed by atoms with Crippen LogP contribution in [0.1, 0.15) is 41.0 Å². The van der Waals surface area contributed by atoms with Crippen LogP contribution in [0.2, 0.25) is 0 Å². The molecule has 0 bridgehead atoms. The molecule has 0 aliphatic carbocycles. The summed E-state index contributed by atoms with van der Waals surface area (Å²) in [5, 5.41) is 0. The second-order valence-corrected chi connectivity index (χ2v) is 8.89. The van der Waals surface area contributed by atoms with Gasteiger partial charge in [-0.1, -0.05) is 13.8 Å². The molecule has 1 aliphatic rings. The average Bonchev–Trinajstić information content (AvgIpc) is 2.61. The third-order valence-corrected chi connectivity index (χ3v) is 6.49. The Balaban J connectivity index is 0.00000364. The average molecular weight is 421 g/mol. The highest BCUT2D eigenvalue weighted by Crippen LogP contribution is 2.31. The molecule has 1 aromatic carbocycles. The van der Waals surface area contributed by atoms with Gasteiger partial charge in [0.1, 0.15) is 0 Å². The van der Waals surface area contributed by atoms with Crippen LogP contribution in [-0.2, 0) is 19.5 Å². The zero-order valence-electron chi connectivity index (χ0n) is 15.7. The number of ether oxygens (including phenoxy) is 2. The van der Waals surface area contributed by atoms with Gasteiger partial charge in [-0.3, -0.25) is 0 Å². The number of esters is 2. The molecule has 1 saturated heterocycles. The zero-order chi connectivity index (χ0) is 19.7. The highest BCUT2D eigenvalue weighted by atomic mass is 35.5. The van der Waals surface area contributed by atoms with Gasteiger partial charge in [-0.25, -0.2) is 18.0 Å². The number of nitrogens with two attached hydrogens (primary N) is 1. The van der Waals surface area contributed by atoms with Gasteiger partial charge in [-0.05, 0) is 30.0 Å². The van der Waals surface area contributed by atoms with E-state index in [9.17, 15) is 18.0 Å². The highest BCUT2D eigenvalue weighted by molar-refractivity contribution is 7.89. The monoisotopic (exact) mass is 420 g/mol. The van der Waals surface area contributed by atoms with Gasteiger partial charge in [0.15, 0.2) is 0 Å². The van der Waals surface area contributed by atoms with Crippen LogP contribution in [0, 0.1) is 5.41 Å². The van der Waals surface area contributed by atoms with Crippen molar-refractivity contribution >= 4 is 34.4 Å². The number of methoxy groups -OCH3 is 2. The Hall–Kier alpha value is -1.68. The summed E-state index contributed by atoms with van der Waals surface area (Å²) in [6, 6.07) is 3.54. The molecular formula is C17H25ClN2O6S. The molecule has 8 nitrogen and oxygen atoms in total. The van der Waals surface area contributed by atoms with Crippen molar-refractivity contribution in [3.05, 3.63) is 29.3 Å². The number of piperidine rings is 1. The molecule has 0 spiro atoms. The van der Waals surface area contributed by atoms with Crippen LogP contribution in [-0.4, -0.2) is 58.0 Å². The standard InChI is InChI=1S/C17H24N2O6S.ClH/c1-17(2)10-19(6-5-14(17)18)26(22,23)13-8-11(15(20)24-3)7-12(9-13)16(21)25-4;/h7-9,14H,5-6,10,18H2,1-4H3;1H. The normalized spacial score (nSPS) is 19.7. The second-order valence-electron chi connectivity index (χ2n) is 6.95. The van der Waals surface area contributed by atoms with E-state index in [1.807, 2.05) is 13.8 Å². The molecule has 1 fully saturated rings. The minimum atomic E-state index is -3.92. The maximum Gasteiger partial charge on any atom is 0.337 e. The van der Waals surface area contributed by atoms with E-state index < -0.39 is 27.4 Å². The molecule has 1 unspecified atom stereocenters. The Kier molecular flexibility index (Phi) is 7.40. The number of hydrogen-bond donors (Lipinski definition) is 1. The number of hydrogen-bond acceptors (Lipinski definition) is 7. The third kappa shape index (κ3) is 4.78. The molecule has 152 valence electrons. The van der Waals surface area contributed by atoms with E-state index in [1.54, 1.807) is 0 Å². The fraction of sp³-hybridized carbons (Fsp3) is 0.529. The molecule has 27 heavy (non-hydrogen) atoms. The molecular weight excluding hydrogens is 396 g/mol. The summed E-state index contributed by atoms with van der Waals surface area (Å²) < 4.78 is 36.8. The van der Waals surface area contributed by atoms with E-state index in [4.69, 9.17) is 5.73 Å². The summed E-state index contributed by atoms with van der Waals surface area (Å²) >= 11 is 0. The first-order valence-corrected chi connectivity index (χ1v) is 9.54. The first-order valence-electron chi connectivity index (χ1n) is 8.10. The lowest BCUT2D eigenvalue weighted by atomic mass is 9.81. The van der Waals surface area contributed by atoms with Crippen LogP contribution in [0.5, 0.6) is 0 Å². The molecule has 0 radical (unpaired) electrons. The first kappa shape index (κ1) is 23.4. The summed E-state index contributed by atoms with van der Waals surface area (Å²) in [5.41, 5.74) is 5.60. The minimum Gasteiger partial charge on any atom is -0.465 e. The van der Waals surface area contributed by atoms with E-state index in [0.29, 0.717) is 6.42 Å². The van der Waals surface area contributed by atoms with Gasteiger partial charge < -0.3 is 15.2 Å². The molecule has 2 N–H and O–H groups in total. The van der Waals surface area contributed by atoms with Gasteiger partial charge in [-0.2, -0.15) is 4.31 Å². The predicted molar refractivity (Wildman–Crippen MR) is 102 cm³/mol. The van der Waals surface area contributed by atoms with E-state index in [-0.39, 0.29) is 47.6 Å². The third-order valence-electron chi connectivity index (χ3n) is 4.66. The van der Waals surface area contributed by atoms with E-state index >= 15 is 0 Å². The van der Waals surface area contributed by atoms with Gasteiger partial charge in [0.25, 0.3) is 0 Å². The summed E-state index contributed by atoms with van der Waals surface area (Å²) in [6.07, 6.45) is 0.521. The van der Waals surface area contributed by atoms with Crippen molar-refractivity contribution in [3.8, 4) is 0 Å². The predicted octanol–water partition coefficient (Wildman–Crippen LogP) is 1.43. The Morgan fingerprint density at radius 3 is 2.00 bits per heavy atom. The lowest BCUT2D eigenvalue weighted by Gasteiger charge is -2.41. The van der Waals surface area contributed by atoms with Crippen LogP contribution in [0.15, 0.2) is 23.1 Å². The quantitative estimate of drug-likeness (QED) is 0.732. The molecule has 2 rings (SSSR count). The Morgan fingerprint density at radius 1 is 1.11 bits per heavy atom. The smallest absolute Gasteiger partial charge is 0.337 e. The van der Waals surface area contributed by atoms with Crippen LogP contribution in [0.4, 0.5) is 0 Å². The molecule has 10 heteroatoms. The van der Waals surface area contributed by atoms with E-state index in [2.05, 4.69) is 9.47 Å². The lowest BCUT2D eigenvalue weighted by Crippen LogP contribution is -2.53. The summed E-state index contributed by atoms with van der Waals surface area (Å²) in [7, 11) is -1.57. The van der Waals surface area contributed by atoms with Crippen molar-refractivity contribution in [1.29, 1.82) is 0 Å². The van der Waals surface area contributed by atoms with Gasteiger partial charge in [0.2, 0.25) is 10.0 Å². The Bertz CT molecular complexity index is 790. The van der Waals surface area contributed by atoms with Crippen LogP contribution >= 0.6 is 12.4 Å². The topological polar surface area (TPSA) is 116 Å². The van der Waals surface area contributed by atoms with Crippen molar-refractivity contribution < 1.29 is 27.5 Å². The summed E-state index contributed by atoms with van der Waals surface area (Å²) in [4.78, 5) is 23.6. The summed E-state index contributed by atoms with van der Waals surface area (Å²) in [5.74, 6) is -1.48. The molecule has 1 heterocycles. The maximum atomic E-state index is 13.1. The van der Waals surface area contributed by atoms with E-state index in [0.717, 1.165) is 0 Å². The van der Waals surface area contributed by atoms with Crippen molar-refractivity contribution in [2.24, 2.45) is 11.1 Å². The fourth-order valence-electron chi connectivity index (χ4n) is 2.90. The van der Waals surface area contributed by atoms with Crippen molar-refractivity contribution in [2.45, 2.75) is 31.2 Å². The number of carbonyl (C=O) groups is 2. The number of halogens is 1. The van der Waals surface area contributed by atoms with Crippen LogP contribution in [0.25, 0.3) is 0 Å².